The smallest absolute Gasteiger partial charge is 0.212 e. The van der Waals surface area contributed by atoms with Crippen molar-refractivity contribution in [2.24, 2.45) is 0 Å². The van der Waals surface area contributed by atoms with Crippen LogP contribution in [0.15, 0.2) is 48.7 Å². The van der Waals surface area contributed by atoms with E-state index in [2.05, 4.69) is 4.98 Å². The van der Waals surface area contributed by atoms with Crippen LogP contribution in [0.3, 0.4) is 0 Å². The minimum atomic E-state index is -0.445. The van der Waals surface area contributed by atoms with Crippen molar-refractivity contribution in [2.75, 3.05) is 0 Å². The Kier molecular flexibility index (Phi) is 2.04. The van der Waals surface area contributed by atoms with E-state index in [1.807, 2.05) is 30.3 Å². The van der Waals surface area contributed by atoms with Gasteiger partial charge in [0.15, 0.2) is 0 Å². The van der Waals surface area contributed by atoms with E-state index in [4.69, 9.17) is 0 Å². The van der Waals surface area contributed by atoms with E-state index in [0.717, 1.165) is 11.1 Å². The lowest BCUT2D eigenvalue weighted by atomic mass is 10.1. The molecule has 1 aromatic carbocycles. The summed E-state index contributed by atoms with van der Waals surface area (Å²) in [5, 5.41) is 0. The number of rotatable bonds is 1. The molecule has 0 spiro atoms. The summed E-state index contributed by atoms with van der Waals surface area (Å²) in [6.07, 6.45) is 1.53. The van der Waals surface area contributed by atoms with Crippen molar-refractivity contribution >= 4 is 0 Å². The molecule has 0 saturated heterocycles. The SMILES string of the molecule is [18F]c1ccc(-c2ccccc2)cn1. The van der Waals surface area contributed by atoms with Gasteiger partial charge in [0.05, 0.1) is 0 Å². The lowest BCUT2D eigenvalue weighted by Gasteiger charge is -1.98. The fraction of sp³-hybridized carbons (Fsp3) is 0. The van der Waals surface area contributed by atoms with Crippen LogP contribution in [0, 0.1) is 5.95 Å². The third kappa shape index (κ3) is 1.72. The lowest BCUT2D eigenvalue weighted by Crippen LogP contribution is -1.82. The molecule has 2 heteroatoms. The number of aromatic nitrogens is 1. The van der Waals surface area contributed by atoms with Crippen LogP contribution >= 0.6 is 0 Å². The van der Waals surface area contributed by atoms with E-state index < -0.39 is 5.95 Å². The Labute approximate surface area is 75.9 Å². The molecule has 0 radical (unpaired) electrons. The second-order valence-electron chi connectivity index (χ2n) is 2.74. The van der Waals surface area contributed by atoms with Crippen LogP contribution < -0.4 is 0 Å². The molecule has 13 heavy (non-hydrogen) atoms. The molecule has 1 nitrogen and oxygen atoms in total. The molecule has 0 aliphatic rings. The van der Waals surface area contributed by atoms with Gasteiger partial charge in [-0.1, -0.05) is 30.3 Å². The first kappa shape index (κ1) is 7.92. The molecule has 0 bridgehead atoms. The summed E-state index contributed by atoms with van der Waals surface area (Å²) >= 11 is 0. The van der Waals surface area contributed by atoms with Gasteiger partial charge >= 0.3 is 0 Å². The molecule has 0 N–H and O–H groups in total. The van der Waals surface area contributed by atoms with Gasteiger partial charge in [-0.3, -0.25) is 0 Å². The normalized spacial score (nSPS) is 9.92. The molecule has 0 fully saturated rings. The Morgan fingerprint density at radius 1 is 0.846 bits per heavy atom. The van der Waals surface area contributed by atoms with Gasteiger partial charge < -0.3 is 0 Å². The van der Waals surface area contributed by atoms with Crippen LogP contribution in [0.2, 0.25) is 0 Å². The Morgan fingerprint density at radius 3 is 2.23 bits per heavy atom. The first-order chi connectivity index (χ1) is 6.36. The van der Waals surface area contributed by atoms with Crippen molar-refractivity contribution in [1.29, 1.82) is 0 Å². The minimum Gasteiger partial charge on any atom is -0.228 e. The van der Waals surface area contributed by atoms with Crippen molar-refractivity contribution in [3.63, 3.8) is 0 Å². The van der Waals surface area contributed by atoms with Gasteiger partial charge in [0.1, 0.15) is 0 Å². The molecule has 1 heterocycles. The summed E-state index contributed by atoms with van der Waals surface area (Å²) in [6.45, 7) is 0. The van der Waals surface area contributed by atoms with E-state index in [1.54, 1.807) is 6.07 Å². The van der Waals surface area contributed by atoms with Crippen LogP contribution in [0.5, 0.6) is 0 Å². The van der Waals surface area contributed by atoms with Gasteiger partial charge in [-0.25, -0.2) is 4.98 Å². The Morgan fingerprint density at radius 2 is 1.62 bits per heavy atom. The average molecular weight is 172 g/mol. The maximum atomic E-state index is 12.5. The highest BCUT2D eigenvalue weighted by atomic mass is 18.2. The Hall–Kier alpha value is -1.70. The van der Waals surface area contributed by atoms with E-state index in [0.29, 0.717) is 0 Å². The topological polar surface area (TPSA) is 12.9 Å². The highest BCUT2D eigenvalue weighted by Crippen LogP contribution is 2.16. The van der Waals surface area contributed by atoms with E-state index in [9.17, 15) is 4.39 Å². The zero-order valence-electron chi connectivity index (χ0n) is 6.94. The second-order valence-corrected chi connectivity index (χ2v) is 2.74. The fourth-order valence-corrected chi connectivity index (χ4v) is 1.18. The first-order valence-electron chi connectivity index (χ1n) is 4.03. The van der Waals surface area contributed by atoms with Crippen LogP contribution in [-0.4, -0.2) is 4.98 Å². The first-order valence-corrected chi connectivity index (χ1v) is 4.03. The summed E-state index contributed by atoms with van der Waals surface area (Å²) in [4.78, 5) is 3.59. The van der Waals surface area contributed by atoms with Crippen LogP contribution in [-0.2, 0) is 0 Å². The van der Waals surface area contributed by atoms with E-state index >= 15 is 0 Å². The highest BCUT2D eigenvalue weighted by Gasteiger charge is 1.96. The van der Waals surface area contributed by atoms with Gasteiger partial charge in [0.25, 0.3) is 0 Å². The van der Waals surface area contributed by atoms with Crippen LogP contribution in [0.1, 0.15) is 0 Å². The summed E-state index contributed by atoms with van der Waals surface area (Å²) < 4.78 is 12.5. The highest BCUT2D eigenvalue weighted by molar-refractivity contribution is 5.61. The second kappa shape index (κ2) is 3.35. The van der Waals surface area contributed by atoms with Crippen molar-refractivity contribution in [1.82, 2.24) is 4.98 Å². The molecule has 1 aromatic heterocycles. The molecular formula is C11H8FN. The third-order valence-electron chi connectivity index (χ3n) is 1.83. The average Bonchev–Trinajstić information content (AvgIpc) is 2.20. The fourth-order valence-electron chi connectivity index (χ4n) is 1.18. The number of nitrogens with zero attached hydrogens (tertiary/aromatic N) is 1. The van der Waals surface area contributed by atoms with Crippen molar-refractivity contribution < 1.29 is 4.39 Å². The summed E-state index contributed by atoms with van der Waals surface area (Å²) in [5.74, 6) is -0.445. The summed E-state index contributed by atoms with van der Waals surface area (Å²) in [6, 6.07) is 12.8. The lowest BCUT2D eigenvalue weighted by molar-refractivity contribution is 0.584. The van der Waals surface area contributed by atoms with Crippen molar-refractivity contribution in [3.8, 4) is 11.1 Å². The van der Waals surface area contributed by atoms with Crippen LogP contribution in [0.4, 0.5) is 4.39 Å². The number of hydrogen-bond acceptors (Lipinski definition) is 1. The number of hydrogen-bond donors (Lipinski definition) is 0. The summed E-state index contributed by atoms with van der Waals surface area (Å²) in [7, 11) is 0. The molecule has 0 saturated carbocycles. The van der Waals surface area contributed by atoms with Crippen LogP contribution in [0.25, 0.3) is 11.1 Å². The molecule has 0 aliphatic carbocycles. The van der Waals surface area contributed by atoms with Crippen molar-refractivity contribution in [3.05, 3.63) is 54.6 Å². The maximum Gasteiger partial charge on any atom is 0.212 e. The number of benzene rings is 1. The van der Waals surface area contributed by atoms with Gasteiger partial charge in [-0.15, -0.1) is 0 Å². The summed E-state index contributed by atoms with van der Waals surface area (Å²) in [5.41, 5.74) is 1.98. The van der Waals surface area contributed by atoms with Gasteiger partial charge in [-0.05, 0) is 17.7 Å². The zero-order valence-corrected chi connectivity index (χ0v) is 6.94. The van der Waals surface area contributed by atoms with E-state index in [-0.39, 0.29) is 0 Å². The van der Waals surface area contributed by atoms with Gasteiger partial charge in [0.2, 0.25) is 5.95 Å². The maximum absolute atomic E-state index is 12.5. The standard InChI is InChI=1S/C11H8FN/c12-11-7-6-10(8-13-11)9-4-2-1-3-5-9/h1-8H/i12-1. The molecule has 64 valence electrons. The Balaban J connectivity index is 2.42. The Bertz CT molecular complexity index is 381. The molecule has 2 aromatic rings. The predicted molar refractivity (Wildman–Crippen MR) is 49.6 cm³/mol. The van der Waals surface area contributed by atoms with Crippen molar-refractivity contribution in [2.45, 2.75) is 0 Å². The minimum absolute atomic E-state index is 0.445. The predicted octanol–water partition coefficient (Wildman–Crippen LogP) is 2.89. The molecule has 0 aliphatic heterocycles. The third-order valence-corrected chi connectivity index (χ3v) is 1.83. The monoisotopic (exact) mass is 172 g/mol. The molecule has 2 rings (SSSR count). The molecule has 0 unspecified atom stereocenters. The largest absolute Gasteiger partial charge is 0.228 e. The van der Waals surface area contributed by atoms with E-state index in [1.165, 1.54) is 12.3 Å². The quantitative estimate of drug-likeness (QED) is 0.603. The van der Waals surface area contributed by atoms with Gasteiger partial charge in [-0.2, -0.15) is 4.39 Å². The molecule has 0 amide bonds. The number of pyridine rings is 1. The molecular weight excluding hydrogens is 164 g/mol. The van der Waals surface area contributed by atoms with Gasteiger partial charge in [0, 0.05) is 11.8 Å². The number of halogens is 1. The molecule has 0 atom stereocenters. The zero-order chi connectivity index (χ0) is 9.10.